The maximum absolute atomic E-state index is 10.7. The second kappa shape index (κ2) is 10.5. The second-order valence-electron chi connectivity index (χ2n) is 8.40. The summed E-state index contributed by atoms with van der Waals surface area (Å²) in [5.41, 5.74) is 4.35. The fourth-order valence-corrected chi connectivity index (χ4v) is 4.30. The molecule has 0 spiro atoms. The van der Waals surface area contributed by atoms with Crippen molar-refractivity contribution in [3.05, 3.63) is 36.7 Å². The number of ether oxygens (including phenoxy) is 1. The van der Waals surface area contributed by atoms with Gasteiger partial charge in [0.25, 0.3) is 0 Å². The first-order valence-electron chi connectivity index (χ1n) is 11.2. The number of rotatable bonds is 9. The van der Waals surface area contributed by atoms with Crippen LogP contribution in [-0.4, -0.2) is 60.1 Å². The minimum Gasteiger partial charge on any atom is -0.490 e. The van der Waals surface area contributed by atoms with Crippen LogP contribution in [0.5, 0.6) is 5.75 Å². The summed E-state index contributed by atoms with van der Waals surface area (Å²) in [6.45, 7) is 2.15. The molecule has 2 N–H and O–H groups in total. The lowest BCUT2D eigenvalue weighted by atomic mass is 10.1. The average molecular weight is 425 g/mol. The SMILES string of the molecule is CN(CC=O)N[C@@H]1CCCN(c2cncc(Nc3ccc(OC4CCCC4)cc3)n2)C1. The number of nitrogens with zero attached hydrogens (tertiary/aromatic N) is 4. The van der Waals surface area contributed by atoms with Gasteiger partial charge < -0.3 is 19.7 Å². The van der Waals surface area contributed by atoms with E-state index in [2.05, 4.69) is 20.6 Å². The third-order valence-corrected chi connectivity index (χ3v) is 5.85. The van der Waals surface area contributed by atoms with Crippen molar-refractivity contribution in [1.82, 2.24) is 20.4 Å². The molecule has 0 radical (unpaired) electrons. The first-order valence-corrected chi connectivity index (χ1v) is 11.2. The molecular weight excluding hydrogens is 392 g/mol. The Labute approximate surface area is 184 Å². The van der Waals surface area contributed by atoms with Crippen molar-refractivity contribution in [2.45, 2.75) is 50.7 Å². The molecule has 2 aromatic rings. The highest BCUT2D eigenvalue weighted by molar-refractivity contribution is 5.58. The number of likely N-dealkylation sites (N-methyl/N-ethyl adjacent to an activating group) is 1. The van der Waals surface area contributed by atoms with Crippen LogP contribution in [-0.2, 0) is 4.79 Å². The quantitative estimate of drug-likeness (QED) is 0.469. The number of piperidine rings is 1. The van der Waals surface area contributed by atoms with Gasteiger partial charge in [-0.25, -0.2) is 9.99 Å². The van der Waals surface area contributed by atoms with Crippen LogP contribution in [0.2, 0.25) is 0 Å². The highest BCUT2D eigenvalue weighted by atomic mass is 16.5. The molecule has 1 saturated heterocycles. The number of hydrazine groups is 1. The van der Waals surface area contributed by atoms with E-state index >= 15 is 0 Å². The van der Waals surface area contributed by atoms with Crippen LogP contribution < -0.4 is 20.4 Å². The fraction of sp³-hybridized carbons (Fsp3) is 0.522. The van der Waals surface area contributed by atoms with Crippen LogP contribution in [0.15, 0.2) is 36.7 Å². The van der Waals surface area contributed by atoms with Gasteiger partial charge in [0.1, 0.15) is 17.9 Å². The van der Waals surface area contributed by atoms with Crippen molar-refractivity contribution in [1.29, 1.82) is 0 Å². The largest absolute Gasteiger partial charge is 0.490 e. The summed E-state index contributed by atoms with van der Waals surface area (Å²) in [4.78, 5) is 22.1. The van der Waals surface area contributed by atoms with Crippen molar-refractivity contribution < 1.29 is 9.53 Å². The lowest BCUT2D eigenvalue weighted by Crippen LogP contribution is -2.51. The highest BCUT2D eigenvalue weighted by Crippen LogP contribution is 2.26. The van der Waals surface area contributed by atoms with Gasteiger partial charge in [-0.2, -0.15) is 0 Å². The number of aromatic nitrogens is 2. The van der Waals surface area contributed by atoms with Gasteiger partial charge >= 0.3 is 0 Å². The molecule has 8 heteroatoms. The Morgan fingerprint density at radius 3 is 2.74 bits per heavy atom. The maximum atomic E-state index is 10.7. The molecule has 8 nitrogen and oxygen atoms in total. The molecule has 2 heterocycles. The molecule has 0 unspecified atom stereocenters. The minimum atomic E-state index is 0.282. The summed E-state index contributed by atoms with van der Waals surface area (Å²) in [7, 11) is 1.89. The van der Waals surface area contributed by atoms with Crippen molar-refractivity contribution in [3.63, 3.8) is 0 Å². The number of carbonyl (C=O) groups excluding carboxylic acids is 1. The topological polar surface area (TPSA) is 82.6 Å². The van der Waals surface area contributed by atoms with E-state index in [0.29, 0.717) is 12.6 Å². The summed E-state index contributed by atoms with van der Waals surface area (Å²) in [6.07, 6.45) is 11.8. The average Bonchev–Trinajstić information content (AvgIpc) is 3.29. The molecule has 1 atom stereocenters. The van der Waals surface area contributed by atoms with Gasteiger partial charge in [0.05, 0.1) is 25.0 Å². The van der Waals surface area contributed by atoms with Gasteiger partial charge in [0.2, 0.25) is 0 Å². The molecule has 4 rings (SSSR count). The number of nitrogens with one attached hydrogen (secondary N) is 2. The molecule has 0 amide bonds. The van der Waals surface area contributed by atoms with Gasteiger partial charge in [-0.1, -0.05) is 0 Å². The van der Waals surface area contributed by atoms with Crippen molar-refractivity contribution in [2.75, 3.05) is 36.9 Å². The van der Waals surface area contributed by atoms with E-state index in [9.17, 15) is 4.79 Å². The first kappa shape index (κ1) is 21.5. The van der Waals surface area contributed by atoms with E-state index in [-0.39, 0.29) is 6.04 Å². The maximum Gasteiger partial charge on any atom is 0.151 e. The van der Waals surface area contributed by atoms with Crippen molar-refractivity contribution in [3.8, 4) is 5.75 Å². The van der Waals surface area contributed by atoms with Gasteiger partial charge in [0.15, 0.2) is 5.82 Å². The standard InChI is InChI=1S/C23H32N6O2/c1-28(13-14-30)27-19-5-4-12-29(17-19)23-16-24-15-22(26-23)25-18-8-10-21(11-9-18)31-20-6-2-3-7-20/h8-11,14-16,19-20,27H,2-7,12-13,17H2,1H3,(H,25,26)/t19-/m1/s1. The molecule has 31 heavy (non-hydrogen) atoms. The summed E-state index contributed by atoms with van der Waals surface area (Å²) >= 11 is 0. The van der Waals surface area contributed by atoms with Gasteiger partial charge in [0, 0.05) is 31.9 Å². The summed E-state index contributed by atoms with van der Waals surface area (Å²) in [5, 5.41) is 5.18. The van der Waals surface area contributed by atoms with E-state index in [1.54, 1.807) is 12.4 Å². The van der Waals surface area contributed by atoms with Crippen LogP contribution >= 0.6 is 0 Å². The van der Waals surface area contributed by atoms with Crippen molar-refractivity contribution in [2.24, 2.45) is 0 Å². The molecule has 166 valence electrons. The predicted molar refractivity (Wildman–Crippen MR) is 122 cm³/mol. The molecule has 0 bridgehead atoms. The Balaban J connectivity index is 1.35. The Morgan fingerprint density at radius 2 is 1.97 bits per heavy atom. The molecule has 1 saturated carbocycles. The molecule has 1 aliphatic carbocycles. The van der Waals surface area contributed by atoms with Crippen LogP contribution in [0.1, 0.15) is 38.5 Å². The molecule has 2 fully saturated rings. The van der Waals surface area contributed by atoms with Crippen LogP contribution in [0.25, 0.3) is 0 Å². The van der Waals surface area contributed by atoms with E-state index in [1.807, 2.05) is 36.3 Å². The van der Waals surface area contributed by atoms with E-state index in [4.69, 9.17) is 9.72 Å². The molecule has 1 aliphatic heterocycles. The second-order valence-corrected chi connectivity index (χ2v) is 8.40. The van der Waals surface area contributed by atoms with Crippen molar-refractivity contribution >= 4 is 23.6 Å². The smallest absolute Gasteiger partial charge is 0.151 e. The summed E-state index contributed by atoms with van der Waals surface area (Å²) in [5.74, 6) is 2.49. The highest BCUT2D eigenvalue weighted by Gasteiger charge is 2.22. The number of carbonyl (C=O) groups is 1. The molecular formula is C23H32N6O2. The zero-order chi connectivity index (χ0) is 21.5. The summed E-state index contributed by atoms with van der Waals surface area (Å²) in [6, 6.07) is 8.33. The van der Waals surface area contributed by atoms with E-state index < -0.39 is 0 Å². The third kappa shape index (κ3) is 6.15. The zero-order valence-electron chi connectivity index (χ0n) is 18.2. The molecule has 1 aromatic carbocycles. The van der Waals surface area contributed by atoms with Gasteiger partial charge in [-0.15, -0.1) is 0 Å². The zero-order valence-corrected chi connectivity index (χ0v) is 18.2. The Hall–Kier alpha value is -2.71. The third-order valence-electron chi connectivity index (χ3n) is 5.85. The fourth-order valence-electron chi connectivity index (χ4n) is 4.30. The molecule has 2 aliphatic rings. The Kier molecular flexibility index (Phi) is 7.32. The monoisotopic (exact) mass is 424 g/mol. The predicted octanol–water partition coefficient (Wildman–Crippen LogP) is 3.15. The lowest BCUT2D eigenvalue weighted by Gasteiger charge is -2.35. The normalized spacial score (nSPS) is 19.5. The van der Waals surface area contributed by atoms with E-state index in [0.717, 1.165) is 68.1 Å². The van der Waals surface area contributed by atoms with Crippen LogP contribution in [0.4, 0.5) is 17.3 Å². The number of anilines is 3. The van der Waals surface area contributed by atoms with Gasteiger partial charge in [-0.3, -0.25) is 10.4 Å². The Bertz CT molecular complexity index is 840. The minimum absolute atomic E-state index is 0.282. The Morgan fingerprint density at radius 1 is 1.16 bits per heavy atom. The molecule has 1 aromatic heterocycles. The number of aldehydes is 1. The first-order chi connectivity index (χ1) is 15.2. The van der Waals surface area contributed by atoms with Crippen LogP contribution in [0.3, 0.4) is 0 Å². The number of benzene rings is 1. The number of hydrogen-bond donors (Lipinski definition) is 2. The summed E-state index contributed by atoms with van der Waals surface area (Å²) < 4.78 is 6.04. The van der Waals surface area contributed by atoms with E-state index in [1.165, 1.54) is 12.8 Å². The number of hydrogen-bond acceptors (Lipinski definition) is 8. The van der Waals surface area contributed by atoms with Gasteiger partial charge in [-0.05, 0) is 62.8 Å². The lowest BCUT2D eigenvalue weighted by molar-refractivity contribution is -0.109. The van der Waals surface area contributed by atoms with Crippen LogP contribution in [0, 0.1) is 0 Å².